The van der Waals surface area contributed by atoms with E-state index in [1.165, 1.54) is 42.6 Å². The summed E-state index contributed by atoms with van der Waals surface area (Å²) in [5.41, 5.74) is 3.18. The van der Waals surface area contributed by atoms with Gasteiger partial charge in [-0.3, -0.25) is 9.69 Å². The minimum atomic E-state index is 0.0274. The highest BCUT2D eigenvalue weighted by molar-refractivity contribution is 9.10. The van der Waals surface area contributed by atoms with Crippen molar-refractivity contribution in [2.24, 2.45) is 0 Å². The van der Waals surface area contributed by atoms with Crippen LogP contribution in [0.1, 0.15) is 31.2 Å². The molecule has 2 N–H and O–H groups in total. The second kappa shape index (κ2) is 9.69. The molecule has 7 heteroatoms. The van der Waals surface area contributed by atoms with Crippen molar-refractivity contribution in [3.05, 3.63) is 52.5 Å². The van der Waals surface area contributed by atoms with Crippen molar-refractivity contribution in [3.8, 4) is 0 Å². The first kappa shape index (κ1) is 20.3. The number of nitrogens with one attached hydrogen (secondary N) is 2. The lowest BCUT2D eigenvalue weighted by Crippen LogP contribution is -2.33. The van der Waals surface area contributed by atoms with Gasteiger partial charge in [-0.1, -0.05) is 52.2 Å². The first-order valence-electron chi connectivity index (χ1n) is 10.1. The molecule has 1 aromatic heterocycles. The molecule has 0 bridgehead atoms. The van der Waals surface area contributed by atoms with Gasteiger partial charge in [0.1, 0.15) is 0 Å². The molecule has 1 saturated heterocycles. The number of likely N-dealkylation sites (tertiary alicyclic amines) is 1. The predicted molar refractivity (Wildman–Crippen MR) is 125 cm³/mol. The van der Waals surface area contributed by atoms with E-state index in [2.05, 4.69) is 54.6 Å². The van der Waals surface area contributed by atoms with Crippen LogP contribution in [0.2, 0.25) is 0 Å². The zero-order valence-corrected chi connectivity index (χ0v) is 18.7. The molecule has 2 heterocycles. The first-order valence-corrected chi connectivity index (χ1v) is 11.7. The van der Waals surface area contributed by atoms with Gasteiger partial charge >= 0.3 is 0 Å². The standard InChI is InChI=1S/C22H25BrN4OS/c23-17-7-5-16(6-8-17)14-24-18-9-10-19-20(13-18)29-22(25-19)26-21(28)15-27-11-3-1-2-4-12-27/h5-10,13,24H,1-4,11-12,14-15H2,(H,25,26,28). The molecule has 0 saturated carbocycles. The maximum Gasteiger partial charge on any atom is 0.240 e. The monoisotopic (exact) mass is 472 g/mol. The van der Waals surface area contributed by atoms with Gasteiger partial charge in [0, 0.05) is 16.7 Å². The van der Waals surface area contributed by atoms with E-state index < -0.39 is 0 Å². The molecule has 152 valence electrons. The number of amides is 1. The maximum absolute atomic E-state index is 12.4. The summed E-state index contributed by atoms with van der Waals surface area (Å²) in [4.78, 5) is 19.2. The zero-order valence-electron chi connectivity index (χ0n) is 16.3. The van der Waals surface area contributed by atoms with Crippen LogP contribution in [0, 0.1) is 0 Å². The van der Waals surface area contributed by atoms with Crippen molar-refractivity contribution < 1.29 is 4.79 Å². The number of benzene rings is 2. The normalized spacial score (nSPS) is 15.2. The van der Waals surface area contributed by atoms with Crippen molar-refractivity contribution in [3.63, 3.8) is 0 Å². The summed E-state index contributed by atoms with van der Waals surface area (Å²) in [6.45, 7) is 3.24. The van der Waals surface area contributed by atoms with Gasteiger partial charge in [-0.15, -0.1) is 0 Å². The third-order valence-corrected chi connectivity index (χ3v) is 6.57. The molecule has 5 nitrogen and oxygen atoms in total. The van der Waals surface area contributed by atoms with Crippen LogP contribution < -0.4 is 10.6 Å². The van der Waals surface area contributed by atoms with Gasteiger partial charge in [0.2, 0.25) is 5.91 Å². The molecular weight excluding hydrogens is 448 g/mol. The predicted octanol–water partition coefficient (Wildman–Crippen LogP) is 5.49. The molecule has 0 aliphatic carbocycles. The highest BCUT2D eigenvalue weighted by Crippen LogP contribution is 2.28. The molecule has 1 aliphatic rings. The minimum Gasteiger partial charge on any atom is -0.381 e. The number of anilines is 2. The van der Waals surface area contributed by atoms with E-state index in [0.717, 1.165) is 40.0 Å². The summed E-state index contributed by atoms with van der Waals surface area (Å²) in [5, 5.41) is 7.11. The number of carbonyl (C=O) groups is 1. The van der Waals surface area contributed by atoms with E-state index in [4.69, 9.17) is 0 Å². The van der Waals surface area contributed by atoms with Gasteiger partial charge in [0.05, 0.1) is 16.8 Å². The van der Waals surface area contributed by atoms with Crippen molar-refractivity contribution >= 4 is 54.2 Å². The number of aromatic nitrogens is 1. The zero-order chi connectivity index (χ0) is 20.1. The number of thiazole rings is 1. The van der Waals surface area contributed by atoms with E-state index >= 15 is 0 Å². The van der Waals surface area contributed by atoms with Gasteiger partial charge in [-0.05, 0) is 61.8 Å². The molecule has 1 aliphatic heterocycles. The molecule has 0 unspecified atom stereocenters. The highest BCUT2D eigenvalue weighted by atomic mass is 79.9. The number of fused-ring (bicyclic) bond motifs is 1. The molecule has 1 fully saturated rings. The molecule has 4 rings (SSSR count). The van der Waals surface area contributed by atoms with Gasteiger partial charge in [-0.2, -0.15) is 0 Å². The Morgan fingerprint density at radius 1 is 1.07 bits per heavy atom. The van der Waals surface area contributed by atoms with E-state index in [-0.39, 0.29) is 5.91 Å². The van der Waals surface area contributed by atoms with Gasteiger partial charge in [-0.25, -0.2) is 4.98 Å². The fourth-order valence-corrected chi connectivity index (χ4v) is 4.74. The summed E-state index contributed by atoms with van der Waals surface area (Å²) in [6, 6.07) is 14.4. The molecule has 0 atom stereocenters. The van der Waals surface area contributed by atoms with Crippen LogP contribution in [-0.4, -0.2) is 35.4 Å². The third-order valence-electron chi connectivity index (χ3n) is 5.11. The van der Waals surface area contributed by atoms with Crippen LogP contribution in [0.5, 0.6) is 0 Å². The number of halogens is 1. The number of rotatable bonds is 6. The molecule has 2 aromatic carbocycles. The van der Waals surface area contributed by atoms with Crippen LogP contribution in [0.15, 0.2) is 46.9 Å². The number of hydrogen-bond donors (Lipinski definition) is 2. The van der Waals surface area contributed by atoms with Gasteiger partial charge in [0.25, 0.3) is 0 Å². The molecule has 0 radical (unpaired) electrons. The Kier molecular flexibility index (Phi) is 6.79. The number of nitrogens with zero attached hydrogens (tertiary/aromatic N) is 2. The Balaban J connectivity index is 1.36. The fourth-order valence-electron chi connectivity index (χ4n) is 3.55. The van der Waals surface area contributed by atoms with Crippen molar-refractivity contribution in [2.75, 3.05) is 30.3 Å². The van der Waals surface area contributed by atoms with E-state index in [0.29, 0.717) is 11.7 Å². The van der Waals surface area contributed by atoms with Crippen LogP contribution in [0.4, 0.5) is 10.8 Å². The molecule has 3 aromatic rings. The Labute approximate surface area is 183 Å². The van der Waals surface area contributed by atoms with E-state index in [9.17, 15) is 4.79 Å². The molecule has 1 amide bonds. The lowest BCUT2D eigenvalue weighted by molar-refractivity contribution is -0.117. The molecular formula is C22H25BrN4OS. The van der Waals surface area contributed by atoms with E-state index in [1.807, 2.05) is 24.3 Å². The SMILES string of the molecule is O=C(CN1CCCCCC1)Nc1nc2ccc(NCc3ccc(Br)cc3)cc2s1. The topological polar surface area (TPSA) is 57.3 Å². The largest absolute Gasteiger partial charge is 0.381 e. The average molecular weight is 473 g/mol. The third kappa shape index (κ3) is 5.78. The summed E-state index contributed by atoms with van der Waals surface area (Å²) < 4.78 is 2.15. The maximum atomic E-state index is 12.4. The Bertz CT molecular complexity index is 965. The summed E-state index contributed by atoms with van der Waals surface area (Å²) in [6.07, 6.45) is 4.91. The molecule has 0 spiro atoms. The highest BCUT2D eigenvalue weighted by Gasteiger charge is 2.14. The first-order chi connectivity index (χ1) is 14.2. The van der Waals surface area contributed by atoms with Crippen molar-refractivity contribution in [1.29, 1.82) is 0 Å². The Morgan fingerprint density at radius 2 is 1.83 bits per heavy atom. The van der Waals surface area contributed by atoms with Crippen molar-refractivity contribution in [2.45, 2.75) is 32.2 Å². The summed E-state index contributed by atoms with van der Waals surface area (Å²) in [5.74, 6) is 0.0274. The van der Waals surface area contributed by atoms with Gasteiger partial charge < -0.3 is 10.6 Å². The Hall–Kier alpha value is -1.96. The van der Waals surface area contributed by atoms with E-state index in [1.54, 1.807) is 0 Å². The fraction of sp³-hybridized carbons (Fsp3) is 0.364. The summed E-state index contributed by atoms with van der Waals surface area (Å²) in [7, 11) is 0. The summed E-state index contributed by atoms with van der Waals surface area (Å²) >= 11 is 4.98. The lowest BCUT2D eigenvalue weighted by atomic mass is 10.2. The van der Waals surface area contributed by atoms with Crippen LogP contribution in [0.25, 0.3) is 10.2 Å². The molecule has 29 heavy (non-hydrogen) atoms. The average Bonchev–Trinajstić information content (AvgIpc) is 2.92. The quantitative estimate of drug-likeness (QED) is 0.498. The Morgan fingerprint density at radius 3 is 2.59 bits per heavy atom. The minimum absolute atomic E-state index is 0.0274. The number of carbonyl (C=O) groups excluding carboxylic acids is 1. The van der Waals surface area contributed by atoms with Crippen LogP contribution >= 0.6 is 27.3 Å². The van der Waals surface area contributed by atoms with Crippen molar-refractivity contribution in [1.82, 2.24) is 9.88 Å². The van der Waals surface area contributed by atoms with Gasteiger partial charge in [0.15, 0.2) is 5.13 Å². The number of hydrogen-bond acceptors (Lipinski definition) is 5. The van der Waals surface area contributed by atoms with Crippen LogP contribution in [0.3, 0.4) is 0 Å². The second-order valence-electron chi connectivity index (χ2n) is 7.42. The smallest absolute Gasteiger partial charge is 0.240 e. The second-order valence-corrected chi connectivity index (χ2v) is 9.37. The lowest BCUT2D eigenvalue weighted by Gasteiger charge is -2.18. The van der Waals surface area contributed by atoms with Crippen LogP contribution in [-0.2, 0) is 11.3 Å².